The van der Waals surface area contributed by atoms with Crippen LogP contribution in [0.4, 0.5) is 0 Å². The van der Waals surface area contributed by atoms with Gasteiger partial charge >= 0.3 is 0 Å². The van der Waals surface area contributed by atoms with Crippen molar-refractivity contribution >= 4 is 27.5 Å². The molecule has 1 aromatic heterocycles. The number of halogens is 1. The molecule has 4 heteroatoms. The number of hydrogen-bond donors (Lipinski definition) is 0. The number of hydrogen-bond acceptors (Lipinski definition) is 3. The number of rotatable bonds is 5. The number of nitrogens with zero attached hydrogens (tertiary/aromatic N) is 2. The van der Waals surface area contributed by atoms with Crippen LogP contribution in [0.5, 0.6) is 0 Å². The highest BCUT2D eigenvalue weighted by atomic mass is 79.9. The molecule has 1 unspecified atom stereocenters. The van der Waals surface area contributed by atoms with Gasteiger partial charge in [-0.3, -0.25) is 0 Å². The van der Waals surface area contributed by atoms with Gasteiger partial charge in [0.15, 0.2) is 0 Å². The van der Waals surface area contributed by atoms with Gasteiger partial charge in [0.2, 0.25) is 0 Å². The molecule has 0 saturated heterocycles. The topological polar surface area (TPSA) is 25.8 Å². The normalized spacial score (nSPS) is 13.5. The zero-order chi connectivity index (χ0) is 10.6. The van der Waals surface area contributed by atoms with Crippen LogP contribution in [0.3, 0.4) is 0 Å². The smallest absolute Gasteiger partial charge is 0.145 e. The van der Waals surface area contributed by atoms with E-state index in [2.05, 4.69) is 46.1 Å². The van der Waals surface area contributed by atoms with Crippen LogP contribution in [0.25, 0.3) is 0 Å². The van der Waals surface area contributed by atoms with Crippen LogP contribution in [0.15, 0.2) is 0 Å². The molecule has 0 saturated carbocycles. The van der Waals surface area contributed by atoms with Crippen molar-refractivity contribution in [3.05, 3.63) is 10.8 Å². The first-order valence-electron chi connectivity index (χ1n) is 5.10. The van der Waals surface area contributed by atoms with E-state index in [0.717, 1.165) is 17.3 Å². The van der Waals surface area contributed by atoms with E-state index in [-0.39, 0.29) is 0 Å². The SMILES string of the molecule is CCCC(Br)Cc1nc(C(C)C)ns1. The summed E-state index contributed by atoms with van der Waals surface area (Å²) in [5, 5.41) is 1.16. The van der Waals surface area contributed by atoms with Gasteiger partial charge in [0.05, 0.1) is 0 Å². The summed E-state index contributed by atoms with van der Waals surface area (Å²) in [6.07, 6.45) is 3.43. The maximum atomic E-state index is 4.51. The molecular weight excluding hydrogens is 260 g/mol. The first kappa shape index (κ1) is 12.1. The number of alkyl halides is 1. The molecule has 0 aromatic carbocycles. The van der Waals surface area contributed by atoms with Crippen molar-refractivity contribution in [2.75, 3.05) is 0 Å². The van der Waals surface area contributed by atoms with Crippen molar-refractivity contribution in [3.8, 4) is 0 Å². The number of aromatic nitrogens is 2. The lowest BCUT2D eigenvalue weighted by Crippen LogP contribution is -2.02. The van der Waals surface area contributed by atoms with Crippen LogP contribution in [0.1, 0.15) is 50.4 Å². The standard InChI is InChI=1S/C10H17BrN2S/c1-4-5-8(11)6-9-12-10(7(2)3)13-14-9/h7-8H,4-6H2,1-3H3. The molecule has 0 bridgehead atoms. The van der Waals surface area contributed by atoms with Crippen LogP contribution in [0, 0.1) is 0 Å². The van der Waals surface area contributed by atoms with Crippen molar-refractivity contribution in [1.82, 2.24) is 9.36 Å². The van der Waals surface area contributed by atoms with Crippen LogP contribution in [-0.2, 0) is 6.42 Å². The van der Waals surface area contributed by atoms with E-state index in [0.29, 0.717) is 10.7 Å². The fraction of sp³-hybridized carbons (Fsp3) is 0.800. The molecule has 0 aliphatic carbocycles. The third-order valence-corrected chi connectivity index (χ3v) is 3.53. The van der Waals surface area contributed by atoms with E-state index in [1.165, 1.54) is 12.8 Å². The highest BCUT2D eigenvalue weighted by molar-refractivity contribution is 9.09. The van der Waals surface area contributed by atoms with E-state index in [9.17, 15) is 0 Å². The fourth-order valence-electron chi connectivity index (χ4n) is 1.19. The van der Waals surface area contributed by atoms with Gasteiger partial charge in [0, 0.05) is 17.2 Å². The lowest BCUT2D eigenvalue weighted by atomic mass is 10.2. The van der Waals surface area contributed by atoms with Crippen LogP contribution >= 0.6 is 27.5 Å². The second-order valence-corrected chi connectivity index (χ2v) is 5.92. The third-order valence-electron chi connectivity index (χ3n) is 2.00. The maximum Gasteiger partial charge on any atom is 0.145 e. The first-order chi connectivity index (χ1) is 6.63. The van der Waals surface area contributed by atoms with Crippen LogP contribution in [-0.4, -0.2) is 14.2 Å². The molecule has 0 amide bonds. The molecule has 0 aliphatic rings. The Morgan fingerprint density at radius 3 is 2.64 bits per heavy atom. The molecule has 0 radical (unpaired) electrons. The van der Waals surface area contributed by atoms with E-state index in [4.69, 9.17) is 0 Å². The van der Waals surface area contributed by atoms with Crippen molar-refractivity contribution in [3.63, 3.8) is 0 Å². The molecule has 0 N–H and O–H groups in total. The summed E-state index contributed by atoms with van der Waals surface area (Å²) < 4.78 is 4.34. The highest BCUT2D eigenvalue weighted by Gasteiger charge is 2.11. The lowest BCUT2D eigenvalue weighted by molar-refractivity contribution is 0.732. The second kappa shape index (κ2) is 5.81. The van der Waals surface area contributed by atoms with E-state index in [1.807, 2.05) is 0 Å². The highest BCUT2D eigenvalue weighted by Crippen LogP contribution is 2.19. The Kier molecular flexibility index (Phi) is 5.02. The van der Waals surface area contributed by atoms with Gasteiger partial charge in [-0.2, -0.15) is 4.37 Å². The minimum atomic E-state index is 0.444. The van der Waals surface area contributed by atoms with Crippen LogP contribution < -0.4 is 0 Å². The maximum absolute atomic E-state index is 4.51. The van der Waals surface area contributed by atoms with Gasteiger partial charge in [-0.1, -0.05) is 43.1 Å². The summed E-state index contributed by atoms with van der Waals surface area (Å²) in [5.41, 5.74) is 0. The summed E-state index contributed by atoms with van der Waals surface area (Å²) in [7, 11) is 0. The molecule has 1 atom stereocenters. The second-order valence-electron chi connectivity index (χ2n) is 3.79. The lowest BCUT2D eigenvalue weighted by Gasteiger charge is -2.03. The Morgan fingerprint density at radius 1 is 1.43 bits per heavy atom. The third kappa shape index (κ3) is 3.65. The molecule has 0 fully saturated rings. The molecule has 0 aliphatic heterocycles. The van der Waals surface area contributed by atoms with Gasteiger partial charge in [-0.05, 0) is 18.0 Å². The molecule has 1 aromatic rings. The minimum absolute atomic E-state index is 0.444. The van der Waals surface area contributed by atoms with Crippen LogP contribution in [0.2, 0.25) is 0 Å². The summed E-state index contributed by atoms with van der Waals surface area (Å²) in [6, 6.07) is 0. The van der Waals surface area contributed by atoms with Gasteiger partial charge in [-0.25, -0.2) is 4.98 Å². The Labute approximate surface area is 98.4 Å². The summed E-state index contributed by atoms with van der Waals surface area (Å²) in [6.45, 7) is 6.46. The van der Waals surface area contributed by atoms with Crippen molar-refractivity contribution in [1.29, 1.82) is 0 Å². The summed E-state index contributed by atoms with van der Waals surface area (Å²) in [5.74, 6) is 1.43. The quantitative estimate of drug-likeness (QED) is 0.766. The van der Waals surface area contributed by atoms with Crippen molar-refractivity contribution in [2.45, 2.75) is 50.8 Å². The molecule has 2 nitrogen and oxygen atoms in total. The summed E-state index contributed by atoms with van der Waals surface area (Å²) in [4.78, 5) is 5.07. The van der Waals surface area contributed by atoms with Crippen molar-refractivity contribution in [2.24, 2.45) is 0 Å². The van der Waals surface area contributed by atoms with Gasteiger partial charge in [-0.15, -0.1) is 0 Å². The molecular formula is C10H17BrN2S. The molecule has 0 spiro atoms. The zero-order valence-corrected chi connectivity index (χ0v) is 11.4. The monoisotopic (exact) mass is 276 g/mol. The fourth-order valence-corrected chi connectivity index (χ4v) is 3.03. The molecule has 1 rings (SSSR count). The van der Waals surface area contributed by atoms with E-state index in [1.54, 1.807) is 11.5 Å². The van der Waals surface area contributed by atoms with E-state index >= 15 is 0 Å². The van der Waals surface area contributed by atoms with Gasteiger partial charge in [0.1, 0.15) is 10.8 Å². The van der Waals surface area contributed by atoms with Gasteiger partial charge in [0.25, 0.3) is 0 Å². The molecule has 14 heavy (non-hydrogen) atoms. The molecule has 80 valence electrons. The van der Waals surface area contributed by atoms with Crippen molar-refractivity contribution < 1.29 is 0 Å². The van der Waals surface area contributed by atoms with E-state index < -0.39 is 0 Å². The molecule has 1 heterocycles. The Morgan fingerprint density at radius 2 is 2.14 bits per heavy atom. The first-order valence-corrected chi connectivity index (χ1v) is 6.79. The summed E-state index contributed by atoms with van der Waals surface area (Å²) >= 11 is 5.20. The largest absolute Gasteiger partial charge is 0.224 e. The average Bonchev–Trinajstić information content (AvgIpc) is 2.53. The van der Waals surface area contributed by atoms with Gasteiger partial charge < -0.3 is 0 Å². The minimum Gasteiger partial charge on any atom is -0.224 e. The Balaban J connectivity index is 2.51. The predicted octanol–water partition coefficient (Wildman–Crippen LogP) is 3.77. The Hall–Kier alpha value is 0.0400. The Bertz CT molecular complexity index is 273. The zero-order valence-electron chi connectivity index (χ0n) is 8.96. The average molecular weight is 277 g/mol. The predicted molar refractivity (Wildman–Crippen MR) is 65.3 cm³/mol.